The van der Waals surface area contributed by atoms with Crippen LogP contribution in [0.2, 0.25) is 0 Å². The van der Waals surface area contributed by atoms with Crippen molar-refractivity contribution >= 4 is 10.9 Å². The molecule has 1 aliphatic rings. The van der Waals surface area contributed by atoms with Crippen molar-refractivity contribution < 1.29 is 4.39 Å². The Bertz CT molecular complexity index is 606. The van der Waals surface area contributed by atoms with Crippen LogP contribution in [-0.2, 0) is 13.0 Å². The first kappa shape index (κ1) is 13.5. The largest absolute Gasteiger partial charge is 0.314 e. The highest BCUT2D eigenvalue weighted by Crippen LogP contribution is 2.20. The molecule has 0 spiro atoms. The minimum atomic E-state index is -0.142. The van der Waals surface area contributed by atoms with Crippen LogP contribution in [0.3, 0.4) is 0 Å². The van der Waals surface area contributed by atoms with Gasteiger partial charge in [-0.15, -0.1) is 0 Å². The molecule has 0 aliphatic carbocycles. The van der Waals surface area contributed by atoms with E-state index in [1.165, 1.54) is 0 Å². The van der Waals surface area contributed by atoms with Gasteiger partial charge in [0.15, 0.2) is 0 Å². The van der Waals surface area contributed by atoms with Gasteiger partial charge >= 0.3 is 0 Å². The van der Waals surface area contributed by atoms with E-state index in [2.05, 4.69) is 22.1 Å². The third-order valence-electron chi connectivity index (χ3n) is 3.88. The average molecular weight is 273 g/mol. The number of piperazine rings is 1. The third kappa shape index (κ3) is 2.81. The molecule has 2 heterocycles. The summed E-state index contributed by atoms with van der Waals surface area (Å²) in [6.45, 7) is 6.66. The Morgan fingerprint density at radius 1 is 1.25 bits per heavy atom. The highest BCUT2D eigenvalue weighted by molar-refractivity contribution is 5.79. The Hall–Kier alpha value is -1.52. The fourth-order valence-electron chi connectivity index (χ4n) is 2.66. The molecule has 0 saturated carbocycles. The van der Waals surface area contributed by atoms with Gasteiger partial charge in [-0.3, -0.25) is 9.88 Å². The Kier molecular flexibility index (Phi) is 3.94. The van der Waals surface area contributed by atoms with Crippen molar-refractivity contribution in [2.75, 3.05) is 26.2 Å². The van der Waals surface area contributed by atoms with E-state index in [9.17, 15) is 4.39 Å². The Morgan fingerprint density at radius 2 is 2.05 bits per heavy atom. The van der Waals surface area contributed by atoms with E-state index < -0.39 is 0 Å². The molecule has 1 fully saturated rings. The van der Waals surface area contributed by atoms with Gasteiger partial charge in [-0.1, -0.05) is 13.0 Å². The number of fused-ring (bicyclic) bond motifs is 1. The van der Waals surface area contributed by atoms with Crippen molar-refractivity contribution in [2.24, 2.45) is 0 Å². The molecule has 0 unspecified atom stereocenters. The highest BCUT2D eigenvalue weighted by Gasteiger charge is 2.13. The van der Waals surface area contributed by atoms with E-state index in [-0.39, 0.29) is 5.82 Å². The third-order valence-corrected chi connectivity index (χ3v) is 3.88. The lowest BCUT2D eigenvalue weighted by Crippen LogP contribution is -2.43. The molecule has 0 radical (unpaired) electrons. The number of aromatic nitrogens is 1. The lowest BCUT2D eigenvalue weighted by molar-refractivity contribution is 0.230. The van der Waals surface area contributed by atoms with Crippen LogP contribution in [0.4, 0.5) is 4.39 Å². The number of hydrogen-bond donors (Lipinski definition) is 1. The molecule has 1 N–H and O–H groups in total. The summed E-state index contributed by atoms with van der Waals surface area (Å²) in [4.78, 5) is 6.77. The number of nitrogens with zero attached hydrogens (tertiary/aromatic N) is 2. The maximum Gasteiger partial charge on any atom is 0.129 e. The molecule has 3 rings (SSSR count). The predicted molar refractivity (Wildman–Crippen MR) is 79.2 cm³/mol. The zero-order valence-electron chi connectivity index (χ0n) is 11.8. The van der Waals surface area contributed by atoms with E-state index in [4.69, 9.17) is 0 Å². The van der Waals surface area contributed by atoms with E-state index in [1.54, 1.807) is 6.07 Å². The fourth-order valence-corrected chi connectivity index (χ4v) is 2.66. The van der Waals surface area contributed by atoms with Gasteiger partial charge in [-0.2, -0.15) is 0 Å². The van der Waals surface area contributed by atoms with E-state index in [1.807, 2.05) is 18.2 Å². The molecule has 4 heteroatoms. The van der Waals surface area contributed by atoms with Gasteiger partial charge < -0.3 is 5.32 Å². The molecule has 1 saturated heterocycles. The normalized spacial score (nSPS) is 16.7. The van der Waals surface area contributed by atoms with Crippen molar-refractivity contribution in [1.82, 2.24) is 15.2 Å². The van der Waals surface area contributed by atoms with Gasteiger partial charge in [0.2, 0.25) is 0 Å². The van der Waals surface area contributed by atoms with Crippen molar-refractivity contribution in [1.29, 1.82) is 0 Å². The summed E-state index contributed by atoms with van der Waals surface area (Å²) in [5, 5.41) is 4.33. The number of halogens is 1. The summed E-state index contributed by atoms with van der Waals surface area (Å²) in [7, 11) is 0. The predicted octanol–water partition coefficient (Wildman–Crippen LogP) is 2.34. The molecule has 3 nitrogen and oxygen atoms in total. The Labute approximate surface area is 118 Å². The minimum absolute atomic E-state index is 0.142. The second-order valence-electron chi connectivity index (χ2n) is 5.32. The average Bonchev–Trinajstić information content (AvgIpc) is 2.48. The molecule has 1 aliphatic heterocycles. The van der Waals surface area contributed by atoms with E-state index >= 15 is 0 Å². The first-order valence-electron chi connectivity index (χ1n) is 7.27. The lowest BCUT2D eigenvalue weighted by Gasteiger charge is -2.27. The van der Waals surface area contributed by atoms with Crippen LogP contribution in [0.5, 0.6) is 0 Å². The molecular weight excluding hydrogens is 253 g/mol. The monoisotopic (exact) mass is 273 g/mol. The minimum Gasteiger partial charge on any atom is -0.314 e. The summed E-state index contributed by atoms with van der Waals surface area (Å²) in [5.41, 5.74) is 2.53. The number of nitrogens with one attached hydrogen (secondary N) is 1. The van der Waals surface area contributed by atoms with Gasteiger partial charge in [0.05, 0.1) is 5.52 Å². The van der Waals surface area contributed by atoms with E-state index in [0.717, 1.165) is 54.8 Å². The standard InChI is InChI=1S/C16H20FN3/c1-2-14-4-3-12-9-13(15(17)10-16(12)19-14)11-20-7-5-18-6-8-20/h3-4,9-10,18H,2,5-8,11H2,1H3. The van der Waals surface area contributed by atoms with Crippen LogP contribution < -0.4 is 5.32 Å². The van der Waals surface area contributed by atoms with Gasteiger partial charge in [-0.05, 0) is 18.6 Å². The molecule has 106 valence electrons. The maximum atomic E-state index is 14.2. The topological polar surface area (TPSA) is 28.2 Å². The van der Waals surface area contributed by atoms with Gasteiger partial charge in [0.1, 0.15) is 5.82 Å². The van der Waals surface area contributed by atoms with Crippen LogP contribution >= 0.6 is 0 Å². The summed E-state index contributed by atoms with van der Waals surface area (Å²) < 4.78 is 14.2. The number of aryl methyl sites for hydroxylation is 1. The van der Waals surface area contributed by atoms with Crippen molar-refractivity contribution in [3.05, 3.63) is 41.3 Å². The summed E-state index contributed by atoms with van der Waals surface area (Å²) in [6.07, 6.45) is 0.875. The van der Waals surface area contributed by atoms with Crippen molar-refractivity contribution in [2.45, 2.75) is 19.9 Å². The second kappa shape index (κ2) is 5.85. The molecule has 2 aromatic rings. The summed E-state index contributed by atoms with van der Waals surface area (Å²) in [6, 6.07) is 7.59. The molecular formula is C16H20FN3. The molecule has 1 aromatic heterocycles. The smallest absolute Gasteiger partial charge is 0.129 e. The number of rotatable bonds is 3. The molecule has 20 heavy (non-hydrogen) atoms. The second-order valence-corrected chi connectivity index (χ2v) is 5.32. The molecule has 0 bridgehead atoms. The number of hydrogen-bond acceptors (Lipinski definition) is 3. The van der Waals surface area contributed by atoms with Crippen LogP contribution in [0.1, 0.15) is 18.2 Å². The molecule has 0 amide bonds. The Morgan fingerprint density at radius 3 is 2.80 bits per heavy atom. The van der Waals surface area contributed by atoms with Crippen LogP contribution in [0.15, 0.2) is 24.3 Å². The highest BCUT2D eigenvalue weighted by atomic mass is 19.1. The SMILES string of the molecule is CCc1ccc2cc(CN3CCNCC3)c(F)cc2n1. The van der Waals surface area contributed by atoms with Crippen LogP contribution in [-0.4, -0.2) is 36.1 Å². The van der Waals surface area contributed by atoms with Crippen LogP contribution in [0.25, 0.3) is 10.9 Å². The van der Waals surface area contributed by atoms with Gasteiger partial charge in [0.25, 0.3) is 0 Å². The fraction of sp³-hybridized carbons (Fsp3) is 0.438. The van der Waals surface area contributed by atoms with Crippen molar-refractivity contribution in [3.8, 4) is 0 Å². The number of benzene rings is 1. The summed E-state index contributed by atoms with van der Waals surface area (Å²) >= 11 is 0. The van der Waals surface area contributed by atoms with Gasteiger partial charge in [-0.25, -0.2) is 4.39 Å². The zero-order valence-corrected chi connectivity index (χ0v) is 11.8. The molecule has 1 aromatic carbocycles. The van der Waals surface area contributed by atoms with E-state index in [0.29, 0.717) is 6.54 Å². The maximum absolute atomic E-state index is 14.2. The summed E-state index contributed by atoms with van der Waals surface area (Å²) in [5.74, 6) is -0.142. The van der Waals surface area contributed by atoms with Crippen LogP contribution in [0, 0.1) is 5.82 Å². The Balaban J connectivity index is 1.89. The zero-order chi connectivity index (χ0) is 13.9. The number of pyridine rings is 1. The van der Waals surface area contributed by atoms with Crippen molar-refractivity contribution in [3.63, 3.8) is 0 Å². The quantitative estimate of drug-likeness (QED) is 0.930. The molecule has 0 atom stereocenters. The first-order chi connectivity index (χ1) is 9.76. The first-order valence-corrected chi connectivity index (χ1v) is 7.27. The van der Waals surface area contributed by atoms with Gasteiger partial charge in [0, 0.05) is 55.4 Å². The lowest BCUT2D eigenvalue weighted by atomic mass is 10.1.